The number of nitrogen functional groups attached to an aromatic ring is 1. The number of hydrogen-bond donors (Lipinski definition) is 2. The van der Waals surface area contributed by atoms with Gasteiger partial charge >= 0.3 is 5.97 Å². The van der Waals surface area contributed by atoms with Crippen LogP contribution < -0.4 is 10.5 Å². The van der Waals surface area contributed by atoms with Crippen LogP contribution in [0, 0.1) is 5.41 Å². The number of hydrogen-bond acceptors (Lipinski definition) is 3. The summed E-state index contributed by atoms with van der Waals surface area (Å²) < 4.78 is 5.03. The van der Waals surface area contributed by atoms with E-state index in [0.29, 0.717) is 11.3 Å². The second kappa shape index (κ2) is 6.70. The van der Waals surface area contributed by atoms with Crippen LogP contribution in [0.1, 0.15) is 19.4 Å². The van der Waals surface area contributed by atoms with Crippen molar-refractivity contribution in [2.45, 2.75) is 13.8 Å². The fourth-order valence-corrected chi connectivity index (χ4v) is 1.08. The van der Waals surface area contributed by atoms with Crippen LogP contribution in [0.4, 0.5) is 0 Å². The van der Waals surface area contributed by atoms with Gasteiger partial charge in [-0.05, 0) is 38.1 Å². The van der Waals surface area contributed by atoms with Gasteiger partial charge in [-0.15, -0.1) is 12.4 Å². The lowest BCUT2D eigenvalue weighted by atomic mass is 10.2. The molecule has 0 fully saturated rings. The van der Waals surface area contributed by atoms with Gasteiger partial charge < -0.3 is 10.5 Å². The predicted octanol–water partition coefficient (Wildman–Crippen LogP) is 2.26. The molecule has 1 aromatic rings. The van der Waals surface area contributed by atoms with E-state index < -0.39 is 5.97 Å². The maximum atomic E-state index is 11.3. The molecule has 1 rings (SSSR count). The molecular weight excluding hydrogens is 240 g/mol. The van der Waals surface area contributed by atoms with Gasteiger partial charge in [-0.2, -0.15) is 0 Å². The molecule has 0 aliphatic rings. The molecule has 1 aromatic carbocycles. The Morgan fingerprint density at radius 1 is 1.29 bits per heavy atom. The smallest absolute Gasteiger partial charge is 0.336 e. The molecule has 3 N–H and O–H groups in total. The summed E-state index contributed by atoms with van der Waals surface area (Å²) in [7, 11) is 0. The van der Waals surface area contributed by atoms with Crippen molar-refractivity contribution in [2.24, 2.45) is 5.73 Å². The molecule has 0 saturated heterocycles. The lowest BCUT2D eigenvalue weighted by Gasteiger charge is -2.03. The highest BCUT2D eigenvalue weighted by atomic mass is 35.5. The molecule has 0 radical (unpaired) electrons. The Bertz CT molecular complexity index is 434. The number of halogens is 1. The second-order valence-electron chi connectivity index (χ2n) is 3.58. The van der Waals surface area contributed by atoms with Crippen LogP contribution in [0.3, 0.4) is 0 Å². The zero-order valence-electron chi connectivity index (χ0n) is 9.69. The van der Waals surface area contributed by atoms with E-state index in [1.54, 1.807) is 24.3 Å². The van der Waals surface area contributed by atoms with E-state index in [9.17, 15) is 4.79 Å². The maximum absolute atomic E-state index is 11.3. The third-order valence-corrected chi connectivity index (χ3v) is 1.79. The molecule has 0 unspecified atom stereocenters. The van der Waals surface area contributed by atoms with E-state index in [4.69, 9.17) is 15.9 Å². The summed E-state index contributed by atoms with van der Waals surface area (Å²) in [6.45, 7) is 3.64. The summed E-state index contributed by atoms with van der Waals surface area (Å²) in [5.74, 6) is 0.0188. The molecule has 4 nitrogen and oxygen atoms in total. The number of allylic oxidation sites excluding steroid dienone is 1. The Hall–Kier alpha value is -1.81. The van der Waals surface area contributed by atoms with Crippen LogP contribution in [0.25, 0.3) is 0 Å². The van der Waals surface area contributed by atoms with Gasteiger partial charge in [0.05, 0.1) is 0 Å². The number of carbonyl (C=O) groups excluding carboxylic acids is 1. The molecule has 0 amide bonds. The van der Waals surface area contributed by atoms with Gasteiger partial charge in [0, 0.05) is 11.6 Å². The third-order valence-electron chi connectivity index (χ3n) is 1.79. The molecular formula is C12H15ClN2O2. The fraction of sp³-hybridized carbons (Fsp3) is 0.167. The number of amidine groups is 1. The minimum Gasteiger partial charge on any atom is -0.423 e. The molecule has 92 valence electrons. The Balaban J connectivity index is 0.00000256. The second-order valence-corrected chi connectivity index (χ2v) is 3.58. The van der Waals surface area contributed by atoms with Crippen molar-refractivity contribution in [3.8, 4) is 5.75 Å². The van der Waals surface area contributed by atoms with E-state index in [1.807, 2.05) is 13.8 Å². The Kier molecular flexibility index (Phi) is 5.99. The lowest BCUT2D eigenvalue weighted by molar-refractivity contribution is -0.129. The Morgan fingerprint density at radius 3 is 2.24 bits per heavy atom. The number of nitrogens with one attached hydrogen (secondary N) is 1. The number of nitrogens with two attached hydrogens (primary N) is 1. The van der Waals surface area contributed by atoms with Crippen molar-refractivity contribution in [3.05, 3.63) is 41.5 Å². The van der Waals surface area contributed by atoms with Crippen LogP contribution in [0.2, 0.25) is 0 Å². The number of esters is 1. The standard InChI is InChI=1S/C12H14N2O2.ClH/c1-8(2)7-11(15)16-10-5-3-9(4-6-10)12(13)14;/h3-7H,1-2H3,(H3,13,14);1H. The Labute approximate surface area is 106 Å². The minimum absolute atomic E-state index is 0. The molecule has 0 aliphatic heterocycles. The monoisotopic (exact) mass is 254 g/mol. The van der Waals surface area contributed by atoms with Crippen molar-refractivity contribution < 1.29 is 9.53 Å². The van der Waals surface area contributed by atoms with Crippen molar-refractivity contribution in [2.75, 3.05) is 0 Å². The average Bonchev–Trinajstić information content (AvgIpc) is 2.16. The SMILES string of the molecule is CC(C)=CC(=O)Oc1ccc(C(=N)N)cc1.Cl. The first kappa shape index (κ1) is 15.2. The molecule has 0 spiro atoms. The summed E-state index contributed by atoms with van der Waals surface area (Å²) in [6, 6.07) is 6.47. The first-order valence-electron chi connectivity index (χ1n) is 4.80. The average molecular weight is 255 g/mol. The minimum atomic E-state index is -0.407. The van der Waals surface area contributed by atoms with Crippen molar-refractivity contribution >= 4 is 24.2 Å². The summed E-state index contributed by atoms with van der Waals surface area (Å²) in [5, 5.41) is 7.20. The number of benzene rings is 1. The topological polar surface area (TPSA) is 76.2 Å². The van der Waals surface area contributed by atoms with E-state index in [0.717, 1.165) is 5.57 Å². The predicted molar refractivity (Wildman–Crippen MR) is 69.8 cm³/mol. The molecule has 0 atom stereocenters. The van der Waals surface area contributed by atoms with Crippen LogP contribution in [-0.2, 0) is 4.79 Å². The van der Waals surface area contributed by atoms with E-state index in [-0.39, 0.29) is 18.2 Å². The highest BCUT2D eigenvalue weighted by molar-refractivity contribution is 5.95. The van der Waals surface area contributed by atoms with Crippen LogP contribution in [0.15, 0.2) is 35.9 Å². The van der Waals surface area contributed by atoms with Gasteiger partial charge in [0.2, 0.25) is 0 Å². The molecule has 0 aliphatic carbocycles. The number of ether oxygens (including phenoxy) is 1. The maximum Gasteiger partial charge on any atom is 0.336 e. The van der Waals surface area contributed by atoms with Gasteiger partial charge in [0.1, 0.15) is 11.6 Å². The summed E-state index contributed by atoms with van der Waals surface area (Å²) in [5.41, 5.74) is 6.78. The largest absolute Gasteiger partial charge is 0.423 e. The van der Waals surface area contributed by atoms with Gasteiger partial charge in [-0.1, -0.05) is 5.57 Å². The number of carbonyl (C=O) groups is 1. The van der Waals surface area contributed by atoms with Crippen molar-refractivity contribution in [1.82, 2.24) is 0 Å². The molecule has 5 heteroatoms. The molecule has 0 heterocycles. The fourth-order valence-electron chi connectivity index (χ4n) is 1.08. The first-order chi connectivity index (χ1) is 7.49. The van der Waals surface area contributed by atoms with Gasteiger partial charge in [-0.25, -0.2) is 4.79 Å². The summed E-state index contributed by atoms with van der Waals surface area (Å²) in [4.78, 5) is 11.3. The van der Waals surface area contributed by atoms with E-state index >= 15 is 0 Å². The van der Waals surface area contributed by atoms with E-state index in [1.165, 1.54) is 6.08 Å². The normalized spacial score (nSPS) is 8.82. The lowest BCUT2D eigenvalue weighted by Crippen LogP contribution is -2.11. The van der Waals surface area contributed by atoms with Crippen LogP contribution in [0.5, 0.6) is 5.75 Å². The molecule has 0 bridgehead atoms. The number of rotatable bonds is 3. The highest BCUT2D eigenvalue weighted by Crippen LogP contribution is 2.12. The molecule has 0 saturated carbocycles. The van der Waals surface area contributed by atoms with Gasteiger partial charge in [0.25, 0.3) is 0 Å². The van der Waals surface area contributed by atoms with Gasteiger partial charge in [0.15, 0.2) is 0 Å². The van der Waals surface area contributed by atoms with Crippen LogP contribution in [-0.4, -0.2) is 11.8 Å². The Morgan fingerprint density at radius 2 is 1.82 bits per heavy atom. The summed E-state index contributed by atoms with van der Waals surface area (Å²) in [6.07, 6.45) is 1.42. The van der Waals surface area contributed by atoms with Crippen LogP contribution >= 0.6 is 12.4 Å². The molecule has 0 aromatic heterocycles. The summed E-state index contributed by atoms with van der Waals surface area (Å²) >= 11 is 0. The zero-order chi connectivity index (χ0) is 12.1. The van der Waals surface area contributed by atoms with Crippen molar-refractivity contribution in [1.29, 1.82) is 5.41 Å². The van der Waals surface area contributed by atoms with Crippen molar-refractivity contribution in [3.63, 3.8) is 0 Å². The quantitative estimate of drug-likeness (QED) is 0.286. The zero-order valence-corrected chi connectivity index (χ0v) is 10.5. The van der Waals surface area contributed by atoms with Gasteiger partial charge in [-0.3, -0.25) is 5.41 Å². The first-order valence-corrected chi connectivity index (χ1v) is 4.80. The van der Waals surface area contributed by atoms with E-state index in [2.05, 4.69) is 0 Å². The highest BCUT2D eigenvalue weighted by Gasteiger charge is 2.02. The third kappa shape index (κ3) is 5.17. The molecule has 17 heavy (non-hydrogen) atoms.